The number of aliphatic hydroxyl groups is 1. The van der Waals surface area contributed by atoms with Gasteiger partial charge in [-0.1, -0.05) is 0 Å². The Labute approximate surface area is 89.8 Å². The van der Waals surface area contributed by atoms with Crippen molar-refractivity contribution in [3.8, 4) is 5.75 Å². The molecule has 78 valence electrons. The first-order chi connectivity index (χ1) is 6.61. The average molecular weight is 264 g/mol. The molecule has 5 heteroatoms. The number of aliphatic hydroxyl groups excluding tert-OH is 1. The molecule has 0 saturated carbocycles. The Morgan fingerprint density at radius 1 is 1.64 bits per heavy atom. The average Bonchev–Trinajstić information content (AvgIpc) is 2.19. The minimum Gasteiger partial charge on any atom is -0.495 e. The fourth-order valence-corrected chi connectivity index (χ4v) is 1.70. The summed E-state index contributed by atoms with van der Waals surface area (Å²) in [5, 5.41) is 8.86. The molecule has 1 rings (SSSR count). The second-order valence-corrected chi connectivity index (χ2v) is 3.62. The van der Waals surface area contributed by atoms with E-state index in [4.69, 9.17) is 15.6 Å². The maximum absolute atomic E-state index is 13.4. The van der Waals surface area contributed by atoms with Gasteiger partial charge in [0, 0.05) is 0 Å². The second kappa shape index (κ2) is 4.72. The number of halogens is 2. The zero-order valence-electron chi connectivity index (χ0n) is 7.63. The van der Waals surface area contributed by atoms with E-state index in [1.165, 1.54) is 19.2 Å². The van der Waals surface area contributed by atoms with Gasteiger partial charge >= 0.3 is 0 Å². The molecule has 14 heavy (non-hydrogen) atoms. The standard InChI is InChI=1S/C9H11BrFNO2/c1-14-9-5(10)2-3-6(11)8(9)7(12)4-13/h2-3,7,13H,4,12H2,1H3. The molecule has 0 amide bonds. The number of hydrogen-bond acceptors (Lipinski definition) is 3. The molecule has 0 bridgehead atoms. The number of benzene rings is 1. The highest BCUT2D eigenvalue weighted by Crippen LogP contribution is 2.33. The van der Waals surface area contributed by atoms with E-state index in [-0.39, 0.29) is 12.2 Å². The van der Waals surface area contributed by atoms with Gasteiger partial charge in [-0.05, 0) is 28.1 Å². The Bertz CT molecular complexity index is 333. The summed E-state index contributed by atoms with van der Waals surface area (Å²) in [5.74, 6) is -0.154. The zero-order chi connectivity index (χ0) is 10.7. The first kappa shape index (κ1) is 11.4. The minimum atomic E-state index is -0.776. The molecule has 1 aromatic carbocycles. The van der Waals surface area contributed by atoms with Gasteiger partial charge in [-0.2, -0.15) is 0 Å². The van der Waals surface area contributed by atoms with E-state index < -0.39 is 11.9 Å². The smallest absolute Gasteiger partial charge is 0.140 e. The van der Waals surface area contributed by atoms with Crippen LogP contribution in [-0.2, 0) is 0 Å². The Morgan fingerprint density at radius 3 is 2.79 bits per heavy atom. The lowest BCUT2D eigenvalue weighted by Crippen LogP contribution is -2.17. The first-order valence-corrected chi connectivity index (χ1v) is 4.79. The molecule has 0 aliphatic heterocycles. The lowest BCUT2D eigenvalue weighted by molar-refractivity contribution is 0.261. The maximum atomic E-state index is 13.4. The largest absolute Gasteiger partial charge is 0.495 e. The number of nitrogens with two attached hydrogens (primary N) is 1. The third-order valence-corrected chi connectivity index (χ3v) is 2.49. The van der Waals surface area contributed by atoms with E-state index in [1.807, 2.05) is 0 Å². The Morgan fingerprint density at radius 2 is 2.29 bits per heavy atom. The van der Waals surface area contributed by atoms with Crippen molar-refractivity contribution in [1.82, 2.24) is 0 Å². The van der Waals surface area contributed by atoms with E-state index in [0.717, 1.165) is 0 Å². The molecule has 0 fully saturated rings. The topological polar surface area (TPSA) is 55.5 Å². The summed E-state index contributed by atoms with van der Waals surface area (Å²) in [7, 11) is 1.42. The molecule has 1 atom stereocenters. The van der Waals surface area contributed by atoms with E-state index in [0.29, 0.717) is 10.2 Å². The van der Waals surface area contributed by atoms with Crippen molar-refractivity contribution < 1.29 is 14.2 Å². The van der Waals surface area contributed by atoms with Crippen LogP contribution in [-0.4, -0.2) is 18.8 Å². The lowest BCUT2D eigenvalue weighted by Gasteiger charge is -2.15. The SMILES string of the molecule is COc1c(Br)ccc(F)c1C(N)CO. The highest BCUT2D eigenvalue weighted by atomic mass is 79.9. The second-order valence-electron chi connectivity index (χ2n) is 2.77. The van der Waals surface area contributed by atoms with Gasteiger partial charge in [0.05, 0.1) is 29.8 Å². The molecule has 1 aromatic rings. The molecule has 0 radical (unpaired) electrons. The third kappa shape index (κ3) is 2.05. The number of rotatable bonds is 3. The molecular weight excluding hydrogens is 253 g/mol. The van der Waals surface area contributed by atoms with Crippen LogP contribution in [0.2, 0.25) is 0 Å². The van der Waals surface area contributed by atoms with Crippen LogP contribution in [0, 0.1) is 5.82 Å². The predicted molar refractivity (Wildman–Crippen MR) is 54.7 cm³/mol. The normalized spacial score (nSPS) is 12.6. The van der Waals surface area contributed by atoms with Gasteiger partial charge < -0.3 is 15.6 Å². The van der Waals surface area contributed by atoms with Crippen molar-refractivity contribution in [2.75, 3.05) is 13.7 Å². The van der Waals surface area contributed by atoms with Gasteiger partial charge in [0.1, 0.15) is 11.6 Å². The molecular formula is C9H11BrFNO2. The van der Waals surface area contributed by atoms with Crippen molar-refractivity contribution in [1.29, 1.82) is 0 Å². The number of hydrogen-bond donors (Lipinski definition) is 2. The first-order valence-electron chi connectivity index (χ1n) is 4.00. The van der Waals surface area contributed by atoms with Crippen LogP contribution in [0.1, 0.15) is 11.6 Å². The molecule has 1 unspecified atom stereocenters. The Hall–Kier alpha value is -0.650. The summed E-state index contributed by atoms with van der Waals surface area (Å²) < 4.78 is 19.0. The quantitative estimate of drug-likeness (QED) is 0.871. The fraction of sp³-hybridized carbons (Fsp3) is 0.333. The van der Waals surface area contributed by atoms with Gasteiger partial charge in [-0.3, -0.25) is 0 Å². The highest BCUT2D eigenvalue weighted by Gasteiger charge is 2.18. The van der Waals surface area contributed by atoms with E-state index in [9.17, 15) is 4.39 Å². The molecule has 0 saturated heterocycles. The van der Waals surface area contributed by atoms with Crippen LogP contribution in [0.15, 0.2) is 16.6 Å². The van der Waals surface area contributed by atoms with Crippen molar-refractivity contribution in [3.63, 3.8) is 0 Å². The fourth-order valence-electron chi connectivity index (χ4n) is 1.19. The van der Waals surface area contributed by atoms with Crippen LogP contribution in [0.25, 0.3) is 0 Å². The van der Waals surface area contributed by atoms with Gasteiger partial charge in [-0.25, -0.2) is 4.39 Å². The lowest BCUT2D eigenvalue weighted by atomic mass is 10.1. The predicted octanol–water partition coefficient (Wildman–Crippen LogP) is 1.59. The van der Waals surface area contributed by atoms with E-state index in [2.05, 4.69) is 15.9 Å². The summed E-state index contributed by atoms with van der Waals surface area (Å²) in [6.45, 7) is -0.330. The molecule has 0 heterocycles. The summed E-state index contributed by atoms with van der Waals surface area (Å²) in [6, 6.07) is 2.03. The Kier molecular flexibility index (Phi) is 3.86. The maximum Gasteiger partial charge on any atom is 0.140 e. The minimum absolute atomic E-state index is 0.185. The van der Waals surface area contributed by atoms with Crippen LogP contribution in [0.3, 0.4) is 0 Å². The van der Waals surface area contributed by atoms with Gasteiger partial charge in [0.15, 0.2) is 0 Å². The summed E-state index contributed by atoms with van der Waals surface area (Å²) in [6.07, 6.45) is 0. The molecule has 0 aliphatic carbocycles. The molecule has 0 aliphatic rings. The highest BCUT2D eigenvalue weighted by molar-refractivity contribution is 9.10. The van der Waals surface area contributed by atoms with E-state index in [1.54, 1.807) is 0 Å². The van der Waals surface area contributed by atoms with Crippen molar-refractivity contribution >= 4 is 15.9 Å². The summed E-state index contributed by atoms with van der Waals surface area (Å²) in [5.41, 5.74) is 5.73. The number of ether oxygens (including phenoxy) is 1. The van der Waals surface area contributed by atoms with Crippen LogP contribution in [0.5, 0.6) is 5.75 Å². The van der Waals surface area contributed by atoms with Crippen molar-refractivity contribution in [2.45, 2.75) is 6.04 Å². The molecule has 0 spiro atoms. The molecule has 3 N–H and O–H groups in total. The van der Waals surface area contributed by atoms with Crippen molar-refractivity contribution in [2.24, 2.45) is 5.73 Å². The van der Waals surface area contributed by atoms with Gasteiger partial charge in [0.2, 0.25) is 0 Å². The molecule has 0 aromatic heterocycles. The van der Waals surface area contributed by atoms with E-state index >= 15 is 0 Å². The Balaban J connectivity index is 3.29. The number of methoxy groups -OCH3 is 1. The van der Waals surface area contributed by atoms with Crippen LogP contribution in [0.4, 0.5) is 4.39 Å². The van der Waals surface area contributed by atoms with Gasteiger partial charge in [-0.15, -0.1) is 0 Å². The zero-order valence-corrected chi connectivity index (χ0v) is 9.21. The summed E-state index contributed by atoms with van der Waals surface area (Å²) >= 11 is 3.21. The van der Waals surface area contributed by atoms with Crippen molar-refractivity contribution in [3.05, 3.63) is 28.0 Å². The monoisotopic (exact) mass is 263 g/mol. The van der Waals surface area contributed by atoms with Crippen LogP contribution >= 0.6 is 15.9 Å². The molecule has 3 nitrogen and oxygen atoms in total. The summed E-state index contributed by atoms with van der Waals surface area (Å²) in [4.78, 5) is 0. The third-order valence-electron chi connectivity index (χ3n) is 1.87. The van der Waals surface area contributed by atoms with Crippen LogP contribution < -0.4 is 10.5 Å². The van der Waals surface area contributed by atoms with Gasteiger partial charge in [0.25, 0.3) is 0 Å².